The first kappa shape index (κ1) is 27.5. The number of guanidine groups is 1. The zero-order valence-electron chi connectivity index (χ0n) is 17.4. The van der Waals surface area contributed by atoms with Gasteiger partial charge in [-0.15, -0.1) is 24.0 Å². The highest BCUT2D eigenvalue weighted by Gasteiger charge is 2.08. The van der Waals surface area contributed by atoms with Crippen molar-refractivity contribution in [3.63, 3.8) is 0 Å². The third-order valence-electron chi connectivity index (χ3n) is 4.44. The van der Waals surface area contributed by atoms with E-state index in [0.29, 0.717) is 38.2 Å². The molecule has 0 saturated carbocycles. The van der Waals surface area contributed by atoms with Crippen LogP contribution in [-0.4, -0.2) is 48.9 Å². The molecule has 0 aliphatic carbocycles. The van der Waals surface area contributed by atoms with E-state index in [1.165, 1.54) is 31.4 Å². The van der Waals surface area contributed by atoms with E-state index in [1.807, 2.05) is 0 Å². The predicted molar refractivity (Wildman–Crippen MR) is 127 cm³/mol. The van der Waals surface area contributed by atoms with Crippen molar-refractivity contribution in [3.05, 3.63) is 39.9 Å². The fourth-order valence-electron chi connectivity index (χ4n) is 2.66. The number of non-ortho nitro benzene ring substituents is 1. The number of nitro groups is 1. The summed E-state index contributed by atoms with van der Waals surface area (Å²) in [5, 5.41) is 26.1. The molecule has 0 aromatic heterocycles. The molecule has 1 unspecified atom stereocenters. The minimum Gasteiger partial charge on any atom is -0.394 e. The van der Waals surface area contributed by atoms with Crippen LogP contribution >= 0.6 is 24.0 Å². The highest BCUT2D eigenvalue weighted by atomic mass is 127. The molecule has 0 amide bonds. The van der Waals surface area contributed by atoms with Gasteiger partial charge in [0, 0.05) is 25.2 Å². The maximum Gasteiger partial charge on any atom is 0.269 e. The van der Waals surface area contributed by atoms with Crippen molar-refractivity contribution in [2.45, 2.75) is 46.1 Å². The molecular weight excluding hydrogens is 487 g/mol. The summed E-state index contributed by atoms with van der Waals surface area (Å²) in [7, 11) is 0. The maximum atomic E-state index is 10.8. The Labute approximate surface area is 190 Å². The van der Waals surface area contributed by atoms with Crippen LogP contribution in [0.3, 0.4) is 0 Å². The molecule has 0 spiro atoms. The molecule has 1 aromatic rings. The van der Waals surface area contributed by atoms with Crippen molar-refractivity contribution in [1.29, 1.82) is 0 Å². The van der Waals surface area contributed by atoms with Gasteiger partial charge in [0.25, 0.3) is 5.69 Å². The van der Waals surface area contributed by atoms with Crippen molar-refractivity contribution < 1.29 is 14.8 Å². The van der Waals surface area contributed by atoms with Crippen molar-refractivity contribution in [1.82, 2.24) is 10.6 Å². The average molecular weight is 522 g/mol. The van der Waals surface area contributed by atoms with E-state index in [0.717, 1.165) is 18.5 Å². The SMILES string of the molecule is CCCCC(CC)CNC(=NCc1ccc([N+](=O)[O-])cc1)NCCOCCO.I. The molecule has 0 fully saturated rings. The number of hydrogen-bond donors (Lipinski definition) is 3. The van der Waals surface area contributed by atoms with E-state index < -0.39 is 4.92 Å². The van der Waals surface area contributed by atoms with Crippen LogP contribution in [0.4, 0.5) is 5.69 Å². The first-order chi connectivity index (χ1) is 13.6. The molecule has 29 heavy (non-hydrogen) atoms. The topological polar surface area (TPSA) is 109 Å². The van der Waals surface area contributed by atoms with Crippen LogP contribution in [0.15, 0.2) is 29.3 Å². The van der Waals surface area contributed by atoms with E-state index in [9.17, 15) is 10.1 Å². The summed E-state index contributed by atoms with van der Waals surface area (Å²) in [6.45, 7) is 7.06. The molecule has 0 bridgehead atoms. The Kier molecular flexibility index (Phi) is 16.5. The highest BCUT2D eigenvalue weighted by Crippen LogP contribution is 2.13. The lowest BCUT2D eigenvalue weighted by molar-refractivity contribution is -0.384. The van der Waals surface area contributed by atoms with E-state index in [1.54, 1.807) is 12.1 Å². The second-order valence-electron chi connectivity index (χ2n) is 6.65. The third-order valence-corrected chi connectivity index (χ3v) is 4.44. The number of halogens is 1. The normalized spacial score (nSPS) is 12.2. The Morgan fingerprint density at radius 1 is 1.24 bits per heavy atom. The van der Waals surface area contributed by atoms with Gasteiger partial charge in [0.1, 0.15) is 0 Å². The molecule has 1 atom stereocenters. The van der Waals surface area contributed by atoms with Crippen molar-refractivity contribution in [2.75, 3.05) is 32.9 Å². The van der Waals surface area contributed by atoms with Crippen LogP contribution in [-0.2, 0) is 11.3 Å². The largest absolute Gasteiger partial charge is 0.394 e. The van der Waals surface area contributed by atoms with E-state index in [4.69, 9.17) is 9.84 Å². The summed E-state index contributed by atoms with van der Waals surface area (Å²) >= 11 is 0. The number of aliphatic hydroxyl groups excluding tert-OH is 1. The van der Waals surface area contributed by atoms with E-state index in [-0.39, 0.29) is 36.3 Å². The number of aliphatic hydroxyl groups is 1. The van der Waals surface area contributed by atoms with Gasteiger partial charge in [0.2, 0.25) is 0 Å². The molecule has 3 N–H and O–H groups in total. The quantitative estimate of drug-likeness (QED) is 0.0863. The fraction of sp³-hybridized carbons (Fsp3) is 0.650. The van der Waals surface area contributed by atoms with Gasteiger partial charge in [0.05, 0.1) is 31.3 Å². The summed E-state index contributed by atoms with van der Waals surface area (Å²) in [4.78, 5) is 14.9. The number of ether oxygens (including phenoxy) is 1. The van der Waals surface area contributed by atoms with Crippen LogP contribution < -0.4 is 10.6 Å². The average Bonchev–Trinajstić information content (AvgIpc) is 2.71. The van der Waals surface area contributed by atoms with E-state index in [2.05, 4.69) is 29.5 Å². The molecule has 0 heterocycles. The van der Waals surface area contributed by atoms with Gasteiger partial charge in [-0.3, -0.25) is 10.1 Å². The van der Waals surface area contributed by atoms with Crippen molar-refractivity contribution in [3.8, 4) is 0 Å². The Balaban J connectivity index is 0.00000784. The number of nitro benzene ring substituents is 1. The fourth-order valence-corrected chi connectivity index (χ4v) is 2.66. The summed E-state index contributed by atoms with van der Waals surface area (Å²) in [6, 6.07) is 6.43. The zero-order valence-corrected chi connectivity index (χ0v) is 19.8. The lowest BCUT2D eigenvalue weighted by Gasteiger charge is -2.18. The first-order valence-corrected chi connectivity index (χ1v) is 10.0. The lowest BCUT2D eigenvalue weighted by Crippen LogP contribution is -2.41. The molecule has 166 valence electrons. The molecule has 0 aliphatic heterocycles. The minimum atomic E-state index is -0.408. The standard InChI is InChI=1S/C20H34N4O4.HI/c1-3-5-6-17(4-2)15-22-20(21-11-13-28-14-12-25)23-16-18-7-9-19(10-8-18)24(26)27;/h7-10,17,25H,3-6,11-16H2,1-2H3,(H2,21,22,23);1H. The third kappa shape index (κ3) is 12.7. The summed E-state index contributed by atoms with van der Waals surface area (Å²) in [5.41, 5.74) is 0.980. The molecular formula is C20H35IN4O4. The number of nitrogens with one attached hydrogen (secondary N) is 2. The van der Waals surface area contributed by atoms with Crippen LogP contribution in [0.5, 0.6) is 0 Å². The molecule has 1 aromatic carbocycles. The number of benzene rings is 1. The van der Waals surface area contributed by atoms with Gasteiger partial charge in [-0.25, -0.2) is 4.99 Å². The van der Waals surface area contributed by atoms with Crippen LogP contribution in [0.25, 0.3) is 0 Å². The Hall–Kier alpha value is -1.46. The van der Waals surface area contributed by atoms with Gasteiger partial charge >= 0.3 is 0 Å². The first-order valence-electron chi connectivity index (χ1n) is 10.0. The number of rotatable bonds is 14. The Bertz CT molecular complexity index is 584. The summed E-state index contributed by atoms with van der Waals surface area (Å²) in [5.74, 6) is 1.29. The van der Waals surface area contributed by atoms with Crippen LogP contribution in [0.1, 0.15) is 45.1 Å². The highest BCUT2D eigenvalue weighted by molar-refractivity contribution is 14.0. The minimum absolute atomic E-state index is 0. The molecule has 0 aliphatic rings. The van der Waals surface area contributed by atoms with Gasteiger partial charge in [-0.05, 0) is 17.9 Å². The second-order valence-corrected chi connectivity index (χ2v) is 6.65. The van der Waals surface area contributed by atoms with Crippen molar-refractivity contribution in [2.24, 2.45) is 10.9 Å². The summed E-state index contributed by atoms with van der Waals surface area (Å²) < 4.78 is 5.27. The number of nitrogens with zero attached hydrogens (tertiary/aromatic N) is 2. The smallest absolute Gasteiger partial charge is 0.269 e. The van der Waals surface area contributed by atoms with Crippen molar-refractivity contribution >= 4 is 35.6 Å². The predicted octanol–water partition coefficient (Wildman–Crippen LogP) is 3.47. The number of unbranched alkanes of at least 4 members (excludes halogenated alkanes) is 1. The van der Waals surface area contributed by atoms with Gasteiger partial charge in [0.15, 0.2) is 5.96 Å². The zero-order chi connectivity index (χ0) is 20.6. The number of hydrogen-bond acceptors (Lipinski definition) is 5. The monoisotopic (exact) mass is 522 g/mol. The van der Waals surface area contributed by atoms with Gasteiger partial charge in [-0.1, -0.05) is 45.2 Å². The summed E-state index contributed by atoms with van der Waals surface area (Å²) in [6.07, 6.45) is 4.72. The van der Waals surface area contributed by atoms with Crippen LogP contribution in [0.2, 0.25) is 0 Å². The van der Waals surface area contributed by atoms with Gasteiger partial charge < -0.3 is 20.5 Å². The van der Waals surface area contributed by atoms with Gasteiger partial charge in [-0.2, -0.15) is 0 Å². The van der Waals surface area contributed by atoms with E-state index >= 15 is 0 Å². The van der Waals surface area contributed by atoms with Crippen LogP contribution in [0, 0.1) is 16.0 Å². The molecule has 1 rings (SSSR count). The molecule has 0 saturated heterocycles. The Morgan fingerprint density at radius 2 is 1.97 bits per heavy atom. The second kappa shape index (κ2) is 17.4. The molecule has 9 heteroatoms. The number of aliphatic imine (C=N–C) groups is 1. The maximum absolute atomic E-state index is 10.8. The molecule has 0 radical (unpaired) electrons. The molecule has 8 nitrogen and oxygen atoms in total. The lowest BCUT2D eigenvalue weighted by atomic mass is 9.99. The Morgan fingerprint density at radius 3 is 2.55 bits per heavy atom.